The second kappa shape index (κ2) is 4.39. The molecule has 72 valence electrons. The van der Waals surface area contributed by atoms with Crippen LogP contribution in [0.5, 0.6) is 0 Å². The molecule has 0 bridgehead atoms. The van der Waals surface area contributed by atoms with E-state index in [2.05, 4.69) is 25.1 Å². The maximum absolute atomic E-state index is 5.60. The molecule has 14 heavy (non-hydrogen) atoms. The first-order valence-corrected chi connectivity index (χ1v) is 5.15. The normalized spacial score (nSPS) is 10.4. The summed E-state index contributed by atoms with van der Waals surface area (Å²) in [6, 6.07) is 0. The molecule has 5 nitrogen and oxygen atoms in total. The van der Waals surface area contributed by atoms with Crippen LogP contribution in [0.3, 0.4) is 0 Å². The van der Waals surface area contributed by atoms with Crippen molar-refractivity contribution in [1.29, 1.82) is 0 Å². The predicted octanol–water partition coefficient (Wildman–Crippen LogP) is 1.54. The minimum Gasteiger partial charge on any atom is -0.256 e. The molecule has 0 saturated heterocycles. The van der Waals surface area contributed by atoms with E-state index in [1.54, 1.807) is 6.20 Å². The number of rotatable bonds is 3. The molecule has 2 heterocycles. The first kappa shape index (κ1) is 9.42. The summed E-state index contributed by atoms with van der Waals surface area (Å²) in [7, 11) is 0. The number of aromatic amines is 1. The van der Waals surface area contributed by atoms with E-state index in [-0.39, 0.29) is 0 Å². The summed E-state index contributed by atoms with van der Waals surface area (Å²) in [6.45, 7) is 0. The topological polar surface area (TPSA) is 67.3 Å². The van der Waals surface area contributed by atoms with Crippen molar-refractivity contribution in [2.24, 2.45) is 0 Å². The Balaban J connectivity index is 1.95. The van der Waals surface area contributed by atoms with E-state index in [9.17, 15) is 0 Å². The number of nitrogens with zero attached hydrogens (tertiary/aromatic N) is 4. The lowest BCUT2D eigenvalue weighted by molar-refractivity contribution is 0.970. The number of hydrogen-bond acceptors (Lipinski definition) is 5. The Morgan fingerprint density at radius 1 is 1.29 bits per heavy atom. The van der Waals surface area contributed by atoms with Gasteiger partial charge in [-0.05, 0) is 0 Å². The summed E-state index contributed by atoms with van der Waals surface area (Å²) in [5.74, 6) is 0.694. The van der Waals surface area contributed by atoms with Crippen molar-refractivity contribution < 1.29 is 0 Å². The van der Waals surface area contributed by atoms with E-state index in [1.807, 2.05) is 0 Å². The van der Waals surface area contributed by atoms with Gasteiger partial charge in [-0.2, -0.15) is 5.10 Å². The van der Waals surface area contributed by atoms with E-state index in [4.69, 9.17) is 11.6 Å². The van der Waals surface area contributed by atoms with Crippen LogP contribution in [0.15, 0.2) is 23.9 Å². The van der Waals surface area contributed by atoms with Crippen molar-refractivity contribution in [2.75, 3.05) is 0 Å². The van der Waals surface area contributed by atoms with E-state index in [0.717, 1.165) is 10.9 Å². The summed E-state index contributed by atoms with van der Waals surface area (Å²) in [5.41, 5.74) is 0.857. The van der Waals surface area contributed by atoms with Gasteiger partial charge in [0.2, 0.25) is 0 Å². The summed E-state index contributed by atoms with van der Waals surface area (Å²) in [4.78, 5) is 12.0. The number of nitrogens with one attached hydrogen (secondary N) is 1. The summed E-state index contributed by atoms with van der Waals surface area (Å²) < 4.78 is 0. The number of thioether (sulfide) groups is 1. The smallest absolute Gasteiger partial charge is 0.183 e. The van der Waals surface area contributed by atoms with Crippen LogP contribution in [0.4, 0.5) is 0 Å². The Labute approximate surface area is 89.3 Å². The molecule has 0 aliphatic rings. The lowest BCUT2D eigenvalue weighted by atomic mass is 10.5. The van der Waals surface area contributed by atoms with Gasteiger partial charge in [-0.1, -0.05) is 23.4 Å². The Hall–Kier alpha value is -1.14. The first-order chi connectivity index (χ1) is 6.84. The van der Waals surface area contributed by atoms with Crippen LogP contribution in [0, 0.1) is 0 Å². The van der Waals surface area contributed by atoms with Crippen LogP contribution < -0.4 is 0 Å². The van der Waals surface area contributed by atoms with Gasteiger partial charge in [-0.15, -0.1) is 0 Å². The average molecular weight is 228 g/mol. The molecular formula is C7H6ClN5S. The van der Waals surface area contributed by atoms with Crippen LogP contribution in [0.2, 0.25) is 5.15 Å². The number of H-pyrrole nitrogens is 1. The number of hydrogen-bond donors (Lipinski definition) is 1. The van der Waals surface area contributed by atoms with Gasteiger partial charge in [0.1, 0.15) is 11.5 Å². The molecule has 0 aliphatic heterocycles. The van der Waals surface area contributed by atoms with Gasteiger partial charge >= 0.3 is 0 Å². The van der Waals surface area contributed by atoms with E-state index >= 15 is 0 Å². The number of halogens is 1. The quantitative estimate of drug-likeness (QED) is 0.806. The second-order valence-corrected chi connectivity index (χ2v) is 3.76. The first-order valence-electron chi connectivity index (χ1n) is 3.79. The maximum Gasteiger partial charge on any atom is 0.183 e. The van der Waals surface area contributed by atoms with Gasteiger partial charge < -0.3 is 0 Å². The fraction of sp³-hybridized carbons (Fsp3) is 0.143. The fourth-order valence-electron chi connectivity index (χ4n) is 0.820. The Kier molecular flexibility index (Phi) is 2.95. The van der Waals surface area contributed by atoms with Crippen molar-refractivity contribution in [3.8, 4) is 0 Å². The Morgan fingerprint density at radius 3 is 2.86 bits per heavy atom. The molecule has 0 aliphatic carbocycles. The summed E-state index contributed by atoms with van der Waals surface area (Å²) in [5, 5.41) is 7.65. The Morgan fingerprint density at radius 2 is 2.21 bits per heavy atom. The van der Waals surface area contributed by atoms with Crippen LogP contribution in [0.25, 0.3) is 0 Å². The van der Waals surface area contributed by atoms with Crippen LogP contribution in [-0.2, 0) is 5.75 Å². The highest BCUT2D eigenvalue weighted by atomic mass is 35.5. The molecule has 0 aromatic carbocycles. The second-order valence-electron chi connectivity index (χ2n) is 2.41. The third-order valence-corrected chi connectivity index (χ3v) is 2.53. The zero-order valence-corrected chi connectivity index (χ0v) is 8.59. The van der Waals surface area contributed by atoms with E-state index < -0.39 is 0 Å². The van der Waals surface area contributed by atoms with Gasteiger partial charge in [-0.3, -0.25) is 10.1 Å². The molecule has 2 aromatic rings. The van der Waals surface area contributed by atoms with Gasteiger partial charge in [0.25, 0.3) is 0 Å². The van der Waals surface area contributed by atoms with E-state index in [0.29, 0.717) is 10.9 Å². The highest BCUT2D eigenvalue weighted by Gasteiger charge is 1.99. The largest absolute Gasteiger partial charge is 0.256 e. The molecule has 0 atom stereocenters. The molecule has 2 rings (SSSR count). The lowest BCUT2D eigenvalue weighted by Crippen LogP contribution is -1.88. The third-order valence-electron chi connectivity index (χ3n) is 1.42. The maximum atomic E-state index is 5.60. The number of aromatic nitrogens is 5. The molecule has 7 heteroatoms. The van der Waals surface area contributed by atoms with Crippen LogP contribution in [0.1, 0.15) is 5.69 Å². The molecule has 0 radical (unpaired) electrons. The minimum absolute atomic E-state index is 0.401. The van der Waals surface area contributed by atoms with Crippen molar-refractivity contribution in [2.45, 2.75) is 10.9 Å². The van der Waals surface area contributed by atoms with E-state index in [1.165, 1.54) is 24.3 Å². The summed E-state index contributed by atoms with van der Waals surface area (Å²) in [6.07, 6.45) is 4.64. The van der Waals surface area contributed by atoms with Crippen molar-refractivity contribution in [3.05, 3.63) is 29.6 Å². The van der Waals surface area contributed by atoms with Gasteiger partial charge in [0, 0.05) is 5.75 Å². The van der Waals surface area contributed by atoms with Crippen molar-refractivity contribution in [1.82, 2.24) is 25.1 Å². The van der Waals surface area contributed by atoms with Gasteiger partial charge in [0.15, 0.2) is 5.16 Å². The van der Waals surface area contributed by atoms with Gasteiger partial charge in [0.05, 0.1) is 18.1 Å². The molecule has 0 spiro atoms. The van der Waals surface area contributed by atoms with Crippen molar-refractivity contribution >= 4 is 23.4 Å². The van der Waals surface area contributed by atoms with Crippen molar-refractivity contribution in [3.63, 3.8) is 0 Å². The molecule has 1 N–H and O–H groups in total. The third kappa shape index (κ3) is 2.43. The lowest BCUT2D eigenvalue weighted by Gasteiger charge is -1.96. The SMILES string of the molecule is Clc1cnc(CSc2ncn[nH]2)cn1. The highest BCUT2D eigenvalue weighted by molar-refractivity contribution is 7.98. The minimum atomic E-state index is 0.401. The fourth-order valence-corrected chi connectivity index (χ4v) is 1.59. The zero-order chi connectivity index (χ0) is 9.80. The zero-order valence-electron chi connectivity index (χ0n) is 7.01. The molecule has 2 aromatic heterocycles. The molecule has 0 fully saturated rings. The van der Waals surface area contributed by atoms with Crippen LogP contribution in [-0.4, -0.2) is 25.1 Å². The molecular weight excluding hydrogens is 222 g/mol. The molecule has 0 saturated carbocycles. The Bertz CT molecular complexity index is 387. The highest BCUT2D eigenvalue weighted by Crippen LogP contribution is 2.16. The van der Waals surface area contributed by atoms with Crippen LogP contribution >= 0.6 is 23.4 Å². The monoisotopic (exact) mass is 227 g/mol. The average Bonchev–Trinajstić information content (AvgIpc) is 2.70. The molecule has 0 unspecified atom stereocenters. The predicted molar refractivity (Wildman–Crippen MR) is 53.0 cm³/mol. The molecule has 0 amide bonds. The van der Waals surface area contributed by atoms with Gasteiger partial charge in [-0.25, -0.2) is 9.97 Å². The summed E-state index contributed by atoms with van der Waals surface area (Å²) >= 11 is 7.11. The standard InChI is InChI=1S/C7H6ClN5S/c8-6-2-9-5(1-10-6)3-14-7-11-4-12-13-7/h1-2,4H,3H2,(H,11,12,13).